The lowest BCUT2D eigenvalue weighted by atomic mass is 9.99. The van der Waals surface area contributed by atoms with Crippen LogP contribution in [-0.2, 0) is 0 Å². The monoisotopic (exact) mass is 278 g/mol. The van der Waals surface area contributed by atoms with E-state index in [1.807, 2.05) is 24.0 Å². The molecular weight excluding hydrogens is 248 g/mol. The number of anilines is 1. The average Bonchev–Trinajstić information content (AvgIpc) is 2.95. The Balaban J connectivity index is 2.93. The van der Waals surface area contributed by atoms with E-state index in [2.05, 4.69) is 49.5 Å². The number of aromatic nitrogens is 2. The lowest BCUT2D eigenvalue weighted by Crippen LogP contribution is -2.27. The van der Waals surface area contributed by atoms with Gasteiger partial charge in [0.25, 0.3) is 0 Å². The molecule has 1 rings (SSSR count). The third-order valence-electron chi connectivity index (χ3n) is 3.93. The second-order valence-electron chi connectivity index (χ2n) is 5.34. The van der Waals surface area contributed by atoms with Gasteiger partial charge in [0, 0.05) is 19.2 Å². The summed E-state index contributed by atoms with van der Waals surface area (Å²) in [4.78, 5) is 0. The lowest BCUT2D eigenvalue weighted by Gasteiger charge is -2.19. The SMILES string of the molecule is CCC(CC)C/C=C(/N[C@H](C)CC)n1nccc1NC. The molecule has 4 heteroatoms. The van der Waals surface area contributed by atoms with E-state index in [0.29, 0.717) is 6.04 Å². The molecule has 2 N–H and O–H groups in total. The van der Waals surface area contributed by atoms with Crippen LogP contribution < -0.4 is 10.6 Å². The van der Waals surface area contributed by atoms with Crippen LogP contribution in [0, 0.1) is 5.92 Å². The highest BCUT2D eigenvalue weighted by Crippen LogP contribution is 2.17. The van der Waals surface area contributed by atoms with Gasteiger partial charge in [0.15, 0.2) is 0 Å². The van der Waals surface area contributed by atoms with E-state index in [1.54, 1.807) is 0 Å². The van der Waals surface area contributed by atoms with Crippen LogP contribution in [0.1, 0.15) is 53.4 Å². The molecule has 1 aromatic heterocycles. The summed E-state index contributed by atoms with van der Waals surface area (Å²) in [6, 6.07) is 2.43. The minimum atomic E-state index is 0.442. The highest BCUT2D eigenvalue weighted by molar-refractivity contribution is 5.51. The summed E-state index contributed by atoms with van der Waals surface area (Å²) in [5.41, 5.74) is 0. The molecule has 0 saturated heterocycles. The van der Waals surface area contributed by atoms with Crippen molar-refractivity contribution < 1.29 is 0 Å². The van der Waals surface area contributed by atoms with Crippen molar-refractivity contribution in [3.05, 3.63) is 18.3 Å². The largest absolute Gasteiger partial charge is 0.373 e. The van der Waals surface area contributed by atoms with Gasteiger partial charge in [-0.3, -0.25) is 0 Å². The summed E-state index contributed by atoms with van der Waals surface area (Å²) in [5, 5.41) is 11.2. The van der Waals surface area contributed by atoms with Crippen LogP contribution in [0.4, 0.5) is 5.82 Å². The molecule has 0 aromatic carbocycles. The first-order valence-corrected chi connectivity index (χ1v) is 7.84. The van der Waals surface area contributed by atoms with Gasteiger partial charge < -0.3 is 10.6 Å². The fourth-order valence-corrected chi connectivity index (χ4v) is 2.15. The molecule has 0 aliphatic rings. The molecule has 0 spiro atoms. The third kappa shape index (κ3) is 4.58. The third-order valence-corrected chi connectivity index (χ3v) is 3.93. The molecule has 0 aliphatic heterocycles. The quantitative estimate of drug-likeness (QED) is 0.719. The van der Waals surface area contributed by atoms with E-state index in [9.17, 15) is 0 Å². The molecule has 0 radical (unpaired) electrons. The smallest absolute Gasteiger partial charge is 0.131 e. The van der Waals surface area contributed by atoms with Gasteiger partial charge in [-0.1, -0.05) is 33.6 Å². The van der Waals surface area contributed by atoms with E-state index in [4.69, 9.17) is 0 Å². The Morgan fingerprint density at radius 2 is 2.00 bits per heavy atom. The van der Waals surface area contributed by atoms with Crippen LogP contribution in [-0.4, -0.2) is 22.9 Å². The van der Waals surface area contributed by atoms with Crippen LogP contribution in [0.15, 0.2) is 18.3 Å². The van der Waals surface area contributed by atoms with Gasteiger partial charge in [-0.25, -0.2) is 4.68 Å². The van der Waals surface area contributed by atoms with Gasteiger partial charge >= 0.3 is 0 Å². The molecule has 0 bridgehead atoms. The van der Waals surface area contributed by atoms with Gasteiger partial charge in [-0.05, 0) is 31.8 Å². The van der Waals surface area contributed by atoms with E-state index >= 15 is 0 Å². The van der Waals surface area contributed by atoms with Crippen molar-refractivity contribution in [3.8, 4) is 0 Å². The zero-order valence-electron chi connectivity index (χ0n) is 13.6. The van der Waals surface area contributed by atoms with E-state index in [1.165, 1.54) is 12.8 Å². The van der Waals surface area contributed by atoms with E-state index in [-0.39, 0.29) is 0 Å². The van der Waals surface area contributed by atoms with Gasteiger partial charge in [0.1, 0.15) is 11.6 Å². The van der Waals surface area contributed by atoms with E-state index < -0.39 is 0 Å². The Bertz CT molecular complexity index is 404. The van der Waals surface area contributed by atoms with Crippen molar-refractivity contribution in [2.24, 2.45) is 5.92 Å². The van der Waals surface area contributed by atoms with E-state index in [0.717, 1.165) is 30.4 Å². The zero-order valence-corrected chi connectivity index (χ0v) is 13.6. The highest BCUT2D eigenvalue weighted by atomic mass is 15.4. The number of hydrogen-bond acceptors (Lipinski definition) is 3. The highest BCUT2D eigenvalue weighted by Gasteiger charge is 2.10. The van der Waals surface area contributed by atoms with Gasteiger partial charge in [0.05, 0.1) is 6.20 Å². The summed E-state index contributed by atoms with van der Waals surface area (Å²) >= 11 is 0. The summed E-state index contributed by atoms with van der Waals surface area (Å²) in [5.74, 6) is 2.84. The second kappa shape index (κ2) is 8.67. The molecule has 1 atom stereocenters. The number of nitrogens with one attached hydrogen (secondary N) is 2. The Morgan fingerprint density at radius 3 is 2.55 bits per heavy atom. The summed E-state index contributed by atoms with van der Waals surface area (Å²) in [6.07, 6.45) is 8.75. The maximum Gasteiger partial charge on any atom is 0.131 e. The van der Waals surface area contributed by atoms with Crippen molar-refractivity contribution >= 4 is 11.6 Å². The van der Waals surface area contributed by atoms with Crippen LogP contribution >= 0.6 is 0 Å². The predicted octanol–water partition coefficient (Wildman–Crippen LogP) is 3.94. The Morgan fingerprint density at radius 1 is 1.30 bits per heavy atom. The zero-order chi connectivity index (χ0) is 15.0. The molecule has 0 unspecified atom stereocenters. The molecule has 0 amide bonds. The second-order valence-corrected chi connectivity index (χ2v) is 5.34. The average molecular weight is 278 g/mol. The molecule has 0 aliphatic carbocycles. The first-order valence-electron chi connectivity index (χ1n) is 7.84. The first kappa shape index (κ1) is 16.6. The first-order chi connectivity index (χ1) is 9.65. The minimum Gasteiger partial charge on any atom is -0.373 e. The molecule has 0 saturated carbocycles. The fraction of sp³-hybridized carbons (Fsp3) is 0.688. The summed E-state index contributed by atoms with van der Waals surface area (Å²) < 4.78 is 1.95. The maximum atomic E-state index is 4.43. The summed E-state index contributed by atoms with van der Waals surface area (Å²) in [6.45, 7) is 8.92. The van der Waals surface area contributed by atoms with Gasteiger partial charge in [-0.15, -0.1) is 0 Å². The van der Waals surface area contributed by atoms with Crippen LogP contribution in [0.25, 0.3) is 5.82 Å². The lowest BCUT2D eigenvalue weighted by molar-refractivity contribution is 0.497. The number of rotatable bonds is 9. The van der Waals surface area contributed by atoms with Crippen molar-refractivity contribution in [2.45, 2.75) is 59.4 Å². The maximum absolute atomic E-state index is 4.43. The Hall–Kier alpha value is -1.45. The Labute approximate surface area is 123 Å². The minimum absolute atomic E-state index is 0.442. The number of hydrogen-bond donors (Lipinski definition) is 2. The van der Waals surface area contributed by atoms with Crippen LogP contribution in [0.5, 0.6) is 0 Å². The van der Waals surface area contributed by atoms with Crippen LogP contribution in [0.2, 0.25) is 0 Å². The summed E-state index contributed by atoms with van der Waals surface area (Å²) in [7, 11) is 1.93. The molecule has 0 fully saturated rings. The molecule has 1 aromatic rings. The Kier molecular flexibility index (Phi) is 7.20. The predicted molar refractivity (Wildman–Crippen MR) is 87.6 cm³/mol. The van der Waals surface area contributed by atoms with Crippen LogP contribution in [0.3, 0.4) is 0 Å². The molecule has 4 nitrogen and oxygen atoms in total. The molecular formula is C16H30N4. The standard InChI is InChI=1S/C16H30N4/c1-6-13(4)19-16(10-9-14(7-2)8-3)20-15(17-5)11-12-18-20/h10-14,17,19H,6-9H2,1-5H3/b16-10-/t13-/m1/s1. The molecule has 1 heterocycles. The van der Waals surface area contributed by atoms with Crippen molar-refractivity contribution in [1.82, 2.24) is 15.1 Å². The number of allylic oxidation sites excluding steroid dienone is 1. The fourth-order valence-electron chi connectivity index (χ4n) is 2.15. The van der Waals surface area contributed by atoms with Gasteiger partial charge in [-0.2, -0.15) is 5.10 Å². The molecule has 20 heavy (non-hydrogen) atoms. The molecule has 114 valence electrons. The topological polar surface area (TPSA) is 41.9 Å². The number of nitrogens with zero attached hydrogens (tertiary/aromatic N) is 2. The van der Waals surface area contributed by atoms with Gasteiger partial charge in [0.2, 0.25) is 0 Å². The van der Waals surface area contributed by atoms with Crippen molar-refractivity contribution in [3.63, 3.8) is 0 Å². The normalized spacial score (nSPS) is 13.6. The van der Waals surface area contributed by atoms with Crippen molar-refractivity contribution in [2.75, 3.05) is 12.4 Å². The van der Waals surface area contributed by atoms with Crippen molar-refractivity contribution in [1.29, 1.82) is 0 Å².